The zero-order valence-corrected chi connectivity index (χ0v) is 16.0. The SMILES string of the molecule is NS(=O)(=O)c1ccc(Nc2nnc(Sc3ccc(Br)cc3)s2)cc1. The fourth-order valence-corrected chi connectivity index (χ4v) is 4.28. The van der Waals surface area contributed by atoms with E-state index in [9.17, 15) is 8.42 Å². The van der Waals surface area contributed by atoms with E-state index in [0.717, 1.165) is 13.7 Å². The molecule has 24 heavy (non-hydrogen) atoms. The number of anilines is 2. The number of primary sulfonamides is 1. The Balaban J connectivity index is 1.68. The molecule has 0 radical (unpaired) electrons. The van der Waals surface area contributed by atoms with Gasteiger partial charge in [-0.05, 0) is 48.5 Å². The van der Waals surface area contributed by atoms with Crippen LogP contribution in [0.1, 0.15) is 0 Å². The second-order valence-electron chi connectivity index (χ2n) is 4.62. The van der Waals surface area contributed by atoms with E-state index in [2.05, 4.69) is 31.4 Å². The van der Waals surface area contributed by atoms with Crippen molar-refractivity contribution in [3.8, 4) is 0 Å². The standard InChI is InChI=1S/C14H11BrN4O2S3/c15-9-1-5-11(6-2-9)22-14-19-18-13(23-14)17-10-3-7-12(8-4-10)24(16,20)21/h1-8H,(H,17,18)(H2,16,20,21). The first-order valence-electron chi connectivity index (χ1n) is 6.57. The maximum Gasteiger partial charge on any atom is 0.238 e. The lowest BCUT2D eigenvalue weighted by Crippen LogP contribution is -2.11. The van der Waals surface area contributed by atoms with Crippen molar-refractivity contribution in [2.75, 3.05) is 5.32 Å². The molecule has 0 aliphatic rings. The smallest absolute Gasteiger partial charge is 0.238 e. The van der Waals surface area contributed by atoms with Gasteiger partial charge in [-0.25, -0.2) is 13.6 Å². The maximum absolute atomic E-state index is 11.2. The Bertz CT molecular complexity index is 941. The van der Waals surface area contributed by atoms with Crippen LogP contribution < -0.4 is 10.5 Å². The second-order valence-corrected chi connectivity index (χ2v) is 9.40. The first kappa shape index (κ1) is 17.4. The summed E-state index contributed by atoms with van der Waals surface area (Å²) >= 11 is 6.33. The van der Waals surface area contributed by atoms with Crippen molar-refractivity contribution in [2.45, 2.75) is 14.1 Å². The van der Waals surface area contributed by atoms with Gasteiger partial charge in [0.2, 0.25) is 15.2 Å². The molecule has 0 bridgehead atoms. The molecular formula is C14H11BrN4O2S3. The molecule has 0 aliphatic heterocycles. The van der Waals surface area contributed by atoms with E-state index in [1.54, 1.807) is 12.1 Å². The average Bonchev–Trinajstić information content (AvgIpc) is 2.96. The van der Waals surface area contributed by atoms with Crippen LogP contribution in [-0.4, -0.2) is 18.6 Å². The normalized spacial score (nSPS) is 11.4. The number of halogens is 1. The third-order valence-electron chi connectivity index (χ3n) is 2.86. The van der Waals surface area contributed by atoms with Gasteiger partial charge in [-0.1, -0.05) is 39.0 Å². The van der Waals surface area contributed by atoms with Crippen LogP contribution in [0.4, 0.5) is 10.8 Å². The summed E-state index contributed by atoms with van der Waals surface area (Å²) in [6, 6.07) is 14.1. The maximum atomic E-state index is 11.2. The van der Waals surface area contributed by atoms with E-state index in [4.69, 9.17) is 5.14 Å². The van der Waals surface area contributed by atoms with E-state index in [1.807, 2.05) is 24.3 Å². The Morgan fingerprint density at radius 3 is 2.33 bits per heavy atom. The highest BCUT2D eigenvalue weighted by molar-refractivity contribution is 9.10. The summed E-state index contributed by atoms with van der Waals surface area (Å²) in [6.07, 6.45) is 0. The molecule has 124 valence electrons. The molecule has 0 atom stereocenters. The van der Waals surface area contributed by atoms with Crippen LogP contribution in [0.25, 0.3) is 0 Å². The van der Waals surface area contributed by atoms with E-state index in [1.165, 1.54) is 35.2 Å². The molecule has 10 heteroatoms. The van der Waals surface area contributed by atoms with Gasteiger partial charge in [0.1, 0.15) is 0 Å². The Hall–Kier alpha value is -1.46. The Morgan fingerprint density at radius 1 is 1.04 bits per heavy atom. The minimum absolute atomic E-state index is 0.0665. The topological polar surface area (TPSA) is 98.0 Å². The summed E-state index contributed by atoms with van der Waals surface area (Å²) in [4.78, 5) is 1.13. The molecule has 0 saturated carbocycles. The molecule has 0 saturated heterocycles. The van der Waals surface area contributed by atoms with Crippen molar-refractivity contribution in [1.29, 1.82) is 0 Å². The molecule has 0 amide bonds. The lowest BCUT2D eigenvalue weighted by Gasteiger charge is -2.02. The zero-order chi connectivity index (χ0) is 17.2. The highest BCUT2D eigenvalue weighted by Crippen LogP contribution is 2.33. The number of aromatic nitrogens is 2. The van der Waals surface area contributed by atoms with Crippen LogP contribution in [0, 0.1) is 0 Å². The van der Waals surface area contributed by atoms with Crippen LogP contribution >= 0.6 is 39.0 Å². The molecule has 1 aromatic heterocycles. The third-order valence-corrected chi connectivity index (χ3v) is 6.21. The molecule has 3 N–H and O–H groups in total. The Kier molecular flexibility index (Phi) is 5.21. The molecule has 0 fully saturated rings. The van der Waals surface area contributed by atoms with E-state index >= 15 is 0 Å². The monoisotopic (exact) mass is 442 g/mol. The van der Waals surface area contributed by atoms with Crippen LogP contribution in [0.2, 0.25) is 0 Å². The summed E-state index contributed by atoms with van der Waals surface area (Å²) in [5.74, 6) is 0. The third kappa shape index (κ3) is 4.54. The average molecular weight is 443 g/mol. The number of hydrogen-bond donors (Lipinski definition) is 2. The van der Waals surface area contributed by atoms with Crippen molar-refractivity contribution in [3.63, 3.8) is 0 Å². The van der Waals surface area contributed by atoms with Gasteiger partial charge in [-0.15, -0.1) is 10.2 Å². The largest absolute Gasteiger partial charge is 0.330 e. The van der Waals surface area contributed by atoms with Gasteiger partial charge in [0.15, 0.2) is 4.34 Å². The van der Waals surface area contributed by atoms with E-state index < -0.39 is 10.0 Å². The predicted molar refractivity (Wildman–Crippen MR) is 99.3 cm³/mol. The van der Waals surface area contributed by atoms with Crippen molar-refractivity contribution in [2.24, 2.45) is 5.14 Å². The number of nitrogens with two attached hydrogens (primary N) is 1. The van der Waals surface area contributed by atoms with Gasteiger partial charge >= 0.3 is 0 Å². The van der Waals surface area contributed by atoms with E-state index in [-0.39, 0.29) is 4.90 Å². The first-order chi connectivity index (χ1) is 11.4. The minimum atomic E-state index is -3.69. The summed E-state index contributed by atoms with van der Waals surface area (Å²) < 4.78 is 24.3. The van der Waals surface area contributed by atoms with Crippen molar-refractivity contribution >= 4 is 59.9 Å². The summed E-state index contributed by atoms with van der Waals surface area (Å²) in [7, 11) is -3.69. The molecule has 2 aromatic carbocycles. The molecule has 0 unspecified atom stereocenters. The highest BCUT2D eigenvalue weighted by atomic mass is 79.9. The van der Waals surface area contributed by atoms with Crippen LogP contribution in [0.15, 0.2) is 67.1 Å². The zero-order valence-electron chi connectivity index (χ0n) is 12.0. The second kappa shape index (κ2) is 7.19. The first-order valence-corrected chi connectivity index (χ1v) is 10.5. The lowest BCUT2D eigenvalue weighted by atomic mass is 10.3. The number of nitrogens with zero attached hydrogens (tertiary/aromatic N) is 2. The molecule has 0 spiro atoms. The predicted octanol–water partition coefficient (Wildman–Crippen LogP) is 3.84. The number of benzene rings is 2. The quantitative estimate of drug-likeness (QED) is 0.622. The van der Waals surface area contributed by atoms with Crippen molar-refractivity contribution in [3.05, 3.63) is 53.0 Å². The summed E-state index contributed by atoms with van der Waals surface area (Å²) in [5, 5.41) is 17.0. The van der Waals surface area contributed by atoms with E-state index in [0.29, 0.717) is 10.8 Å². The van der Waals surface area contributed by atoms with Gasteiger partial charge in [-0.2, -0.15) is 0 Å². The number of sulfonamides is 1. The van der Waals surface area contributed by atoms with Gasteiger partial charge in [0.05, 0.1) is 4.90 Å². The van der Waals surface area contributed by atoms with Crippen LogP contribution in [0.3, 0.4) is 0 Å². The lowest BCUT2D eigenvalue weighted by molar-refractivity contribution is 0.598. The molecule has 6 nitrogen and oxygen atoms in total. The van der Waals surface area contributed by atoms with Crippen LogP contribution in [0.5, 0.6) is 0 Å². The summed E-state index contributed by atoms with van der Waals surface area (Å²) in [6.45, 7) is 0. The van der Waals surface area contributed by atoms with Gasteiger partial charge in [0.25, 0.3) is 0 Å². The number of hydrogen-bond acceptors (Lipinski definition) is 7. The van der Waals surface area contributed by atoms with Crippen LogP contribution in [-0.2, 0) is 10.0 Å². The number of nitrogens with one attached hydrogen (secondary N) is 1. The Labute approximate surface area is 155 Å². The van der Waals surface area contributed by atoms with Gasteiger partial charge in [0, 0.05) is 15.1 Å². The van der Waals surface area contributed by atoms with Crippen molar-refractivity contribution < 1.29 is 8.42 Å². The fraction of sp³-hybridized carbons (Fsp3) is 0. The Morgan fingerprint density at radius 2 is 1.71 bits per heavy atom. The molecule has 3 aromatic rings. The highest BCUT2D eigenvalue weighted by Gasteiger charge is 2.09. The van der Waals surface area contributed by atoms with Gasteiger partial charge in [-0.3, -0.25) is 0 Å². The fourth-order valence-electron chi connectivity index (χ4n) is 1.76. The molecule has 3 rings (SSSR count). The summed E-state index contributed by atoms with van der Waals surface area (Å²) in [5.41, 5.74) is 0.707. The minimum Gasteiger partial charge on any atom is -0.330 e. The van der Waals surface area contributed by atoms with Crippen molar-refractivity contribution in [1.82, 2.24) is 10.2 Å². The molecular weight excluding hydrogens is 432 g/mol. The number of rotatable bonds is 5. The molecule has 1 heterocycles. The molecule has 0 aliphatic carbocycles. The van der Waals surface area contributed by atoms with Gasteiger partial charge < -0.3 is 5.32 Å².